The average Bonchev–Trinajstić information content (AvgIpc) is 2.28. The fourth-order valence-corrected chi connectivity index (χ4v) is 2.20. The molecular weight excluding hydrogens is 240 g/mol. The molecule has 0 fully saturated rings. The van der Waals surface area contributed by atoms with Gasteiger partial charge in [0.1, 0.15) is 11.8 Å². The van der Waals surface area contributed by atoms with E-state index in [9.17, 15) is 13.2 Å². The summed E-state index contributed by atoms with van der Waals surface area (Å²) < 4.78 is 23.6. The van der Waals surface area contributed by atoms with Gasteiger partial charge in [0.15, 0.2) is 0 Å². The summed E-state index contributed by atoms with van der Waals surface area (Å²) in [6.45, 7) is 1.19. The van der Waals surface area contributed by atoms with E-state index >= 15 is 0 Å². The Hall–Kier alpha value is -2.13. The number of allylic oxidation sites excluding steroid dienone is 1. The second-order valence-corrected chi connectivity index (χ2v) is 4.98. The standard InChI is InChI=1S/C11H10N2O3S/c1-9(14)13-10(7-12)8-17(15,16)11-5-3-2-4-6-11/h2-6,8H,1H3,(H,13,14). The van der Waals surface area contributed by atoms with Crippen LogP contribution in [-0.2, 0) is 14.6 Å². The molecule has 0 saturated carbocycles. The van der Waals surface area contributed by atoms with E-state index in [2.05, 4.69) is 5.32 Å². The number of nitrogens with one attached hydrogen (secondary N) is 1. The molecule has 0 aliphatic carbocycles. The van der Waals surface area contributed by atoms with E-state index in [0.717, 1.165) is 5.41 Å². The van der Waals surface area contributed by atoms with Crippen molar-refractivity contribution < 1.29 is 13.2 Å². The van der Waals surface area contributed by atoms with E-state index in [1.165, 1.54) is 19.1 Å². The predicted octanol–water partition coefficient (Wildman–Crippen LogP) is 0.961. The van der Waals surface area contributed by atoms with Crippen molar-refractivity contribution in [1.82, 2.24) is 5.32 Å². The molecule has 0 heterocycles. The van der Waals surface area contributed by atoms with Crippen molar-refractivity contribution in [3.05, 3.63) is 41.4 Å². The van der Waals surface area contributed by atoms with Crippen LogP contribution < -0.4 is 5.32 Å². The second kappa shape index (κ2) is 5.27. The van der Waals surface area contributed by atoms with Gasteiger partial charge in [0.05, 0.1) is 10.3 Å². The van der Waals surface area contributed by atoms with Crippen molar-refractivity contribution in [2.75, 3.05) is 0 Å². The van der Waals surface area contributed by atoms with Gasteiger partial charge in [0, 0.05) is 6.92 Å². The van der Waals surface area contributed by atoms with Gasteiger partial charge in [-0.3, -0.25) is 4.79 Å². The van der Waals surface area contributed by atoms with E-state index in [1.54, 1.807) is 24.3 Å². The molecule has 0 radical (unpaired) electrons. The van der Waals surface area contributed by atoms with Crippen LogP contribution in [0.25, 0.3) is 0 Å². The first-order chi connectivity index (χ1) is 7.95. The van der Waals surface area contributed by atoms with Gasteiger partial charge in [-0.05, 0) is 12.1 Å². The number of nitriles is 1. The lowest BCUT2D eigenvalue weighted by Crippen LogP contribution is -2.19. The third kappa shape index (κ3) is 3.74. The van der Waals surface area contributed by atoms with Gasteiger partial charge in [-0.15, -0.1) is 0 Å². The van der Waals surface area contributed by atoms with Gasteiger partial charge >= 0.3 is 0 Å². The van der Waals surface area contributed by atoms with E-state index < -0.39 is 15.7 Å². The topological polar surface area (TPSA) is 87.0 Å². The van der Waals surface area contributed by atoms with Crippen LogP contribution in [-0.4, -0.2) is 14.3 Å². The molecule has 1 aromatic rings. The molecule has 1 rings (SSSR count). The Balaban J connectivity index is 3.13. The first-order valence-corrected chi connectivity index (χ1v) is 6.20. The molecule has 1 amide bonds. The minimum atomic E-state index is -3.72. The summed E-state index contributed by atoms with van der Waals surface area (Å²) in [5.41, 5.74) is -0.304. The monoisotopic (exact) mass is 250 g/mol. The molecule has 0 bridgehead atoms. The van der Waals surface area contributed by atoms with Crippen LogP contribution in [0, 0.1) is 11.3 Å². The largest absolute Gasteiger partial charge is 0.317 e. The first kappa shape index (κ1) is 12.9. The molecule has 88 valence electrons. The highest BCUT2D eigenvalue weighted by atomic mass is 32.2. The Morgan fingerprint density at radius 2 is 1.94 bits per heavy atom. The lowest BCUT2D eigenvalue weighted by atomic mass is 10.4. The number of sulfone groups is 1. The Morgan fingerprint density at radius 3 is 2.41 bits per heavy atom. The summed E-state index contributed by atoms with van der Waals surface area (Å²) in [7, 11) is -3.72. The number of rotatable bonds is 3. The summed E-state index contributed by atoms with van der Waals surface area (Å²) in [6.07, 6.45) is 0. The Bertz CT molecular complexity index is 583. The zero-order valence-corrected chi connectivity index (χ0v) is 9.86. The maximum absolute atomic E-state index is 11.8. The molecule has 0 aliphatic heterocycles. The van der Waals surface area contributed by atoms with Gasteiger partial charge in [0.25, 0.3) is 0 Å². The lowest BCUT2D eigenvalue weighted by Gasteiger charge is -2.01. The van der Waals surface area contributed by atoms with E-state index in [-0.39, 0.29) is 10.6 Å². The highest BCUT2D eigenvalue weighted by Crippen LogP contribution is 2.12. The molecule has 0 spiro atoms. The molecule has 0 aliphatic rings. The molecule has 0 aromatic heterocycles. The normalized spacial score (nSPS) is 11.6. The fraction of sp³-hybridized carbons (Fsp3) is 0.0909. The first-order valence-electron chi connectivity index (χ1n) is 4.65. The Labute approximate surface area is 99.3 Å². The Morgan fingerprint density at radius 1 is 1.35 bits per heavy atom. The maximum Gasteiger partial charge on any atom is 0.221 e. The van der Waals surface area contributed by atoms with Gasteiger partial charge in [-0.1, -0.05) is 18.2 Å². The number of amides is 1. The zero-order valence-electron chi connectivity index (χ0n) is 9.04. The maximum atomic E-state index is 11.8. The van der Waals surface area contributed by atoms with Gasteiger partial charge in [0.2, 0.25) is 15.7 Å². The van der Waals surface area contributed by atoms with Crippen LogP contribution in [0.3, 0.4) is 0 Å². The van der Waals surface area contributed by atoms with Crippen LogP contribution in [0.1, 0.15) is 6.92 Å². The summed E-state index contributed by atoms with van der Waals surface area (Å²) in [5.74, 6) is -0.499. The third-order valence-electron chi connectivity index (χ3n) is 1.78. The molecule has 1 aromatic carbocycles. The van der Waals surface area contributed by atoms with Crippen LogP contribution in [0.15, 0.2) is 46.3 Å². The van der Waals surface area contributed by atoms with Gasteiger partial charge in [-0.2, -0.15) is 5.26 Å². The highest BCUT2D eigenvalue weighted by molar-refractivity contribution is 7.94. The summed E-state index contributed by atoms with van der Waals surface area (Å²) in [5, 5.41) is 11.6. The number of carbonyl (C=O) groups excluding carboxylic acids is 1. The lowest BCUT2D eigenvalue weighted by molar-refractivity contribution is -0.118. The minimum Gasteiger partial charge on any atom is -0.317 e. The zero-order chi connectivity index (χ0) is 12.9. The molecule has 1 N–H and O–H groups in total. The molecule has 17 heavy (non-hydrogen) atoms. The quantitative estimate of drug-likeness (QED) is 0.809. The molecule has 6 heteroatoms. The number of hydrogen-bond acceptors (Lipinski definition) is 4. The minimum absolute atomic E-state index is 0.0677. The molecular formula is C11H10N2O3S. The van der Waals surface area contributed by atoms with Crippen LogP contribution in [0.2, 0.25) is 0 Å². The molecule has 5 nitrogen and oxygen atoms in total. The number of hydrogen-bond donors (Lipinski definition) is 1. The van der Waals surface area contributed by atoms with Crippen LogP contribution in [0.5, 0.6) is 0 Å². The highest BCUT2D eigenvalue weighted by Gasteiger charge is 2.12. The SMILES string of the molecule is CC(=O)NC(C#N)=CS(=O)(=O)c1ccccc1. The van der Waals surface area contributed by atoms with Gasteiger partial charge in [-0.25, -0.2) is 8.42 Å². The summed E-state index contributed by atoms with van der Waals surface area (Å²) in [6, 6.07) is 9.26. The summed E-state index contributed by atoms with van der Waals surface area (Å²) >= 11 is 0. The number of benzene rings is 1. The van der Waals surface area contributed by atoms with Gasteiger partial charge < -0.3 is 5.32 Å². The van der Waals surface area contributed by atoms with Crippen molar-refractivity contribution in [1.29, 1.82) is 5.26 Å². The summed E-state index contributed by atoms with van der Waals surface area (Å²) in [4.78, 5) is 10.8. The number of carbonyl (C=O) groups is 1. The van der Waals surface area contributed by atoms with Crippen molar-refractivity contribution in [3.8, 4) is 6.07 Å². The predicted molar refractivity (Wildman–Crippen MR) is 61.1 cm³/mol. The molecule has 0 unspecified atom stereocenters. The fourth-order valence-electron chi connectivity index (χ4n) is 1.11. The van der Waals surface area contributed by atoms with Crippen molar-refractivity contribution in [3.63, 3.8) is 0 Å². The molecule has 0 atom stereocenters. The van der Waals surface area contributed by atoms with E-state index in [0.29, 0.717) is 0 Å². The van der Waals surface area contributed by atoms with E-state index in [4.69, 9.17) is 5.26 Å². The average molecular weight is 250 g/mol. The Kier molecular flexibility index (Phi) is 4.01. The smallest absolute Gasteiger partial charge is 0.221 e. The third-order valence-corrected chi connectivity index (χ3v) is 3.25. The van der Waals surface area contributed by atoms with Crippen molar-refractivity contribution in [2.24, 2.45) is 0 Å². The van der Waals surface area contributed by atoms with Crippen molar-refractivity contribution in [2.45, 2.75) is 11.8 Å². The van der Waals surface area contributed by atoms with Crippen molar-refractivity contribution >= 4 is 15.7 Å². The van der Waals surface area contributed by atoms with Crippen LogP contribution >= 0.6 is 0 Å². The number of nitrogens with zero attached hydrogens (tertiary/aromatic N) is 1. The molecule has 0 saturated heterocycles. The van der Waals surface area contributed by atoms with Crippen LogP contribution in [0.4, 0.5) is 0 Å². The second-order valence-electron chi connectivity index (χ2n) is 3.18. The van der Waals surface area contributed by atoms with E-state index in [1.807, 2.05) is 0 Å².